The van der Waals surface area contributed by atoms with Gasteiger partial charge in [-0.3, -0.25) is 5.32 Å². The lowest BCUT2D eigenvalue weighted by Crippen LogP contribution is -2.42. The van der Waals surface area contributed by atoms with Crippen LogP contribution in [0.2, 0.25) is 0 Å². The van der Waals surface area contributed by atoms with Crippen LogP contribution in [0.4, 0.5) is 9.93 Å². The first-order valence-electron chi connectivity index (χ1n) is 8.69. The smallest absolute Gasteiger partial charge is 0.324 e. The van der Waals surface area contributed by atoms with Crippen LogP contribution in [0.3, 0.4) is 0 Å². The van der Waals surface area contributed by atoms with Gasteiger partial charge in [-0.25, -0.2) is 14.8 Å². The van der Waals surface area contributed by atoms with Crippen LogP contribution in [-0.4, -0.2) is 32.0 Å². The molecule has 0 saturated carbocycles. The summed E-state index contributed by atoms with van der Waals surface area (Å²) in [5, 5.41) is 3.69. The van der Waals surface area contributed by atoms with Crippen molar-refractivity contribution in [3.63, 3.8) is 0 Å². The van der Waals surface area contributed by atoms with Gasteiger partial charge in [-0.1, -0.05) is 6.92 Å². The van der Waals surface area contributed by atoms with Crippen LogP contribution >= 0.6 is 11.3 Å². The summed E-state index contributed by atoms with van der Waals surface area (Å²) in [6.07, 6.45) is 7.81. The molecule has 0 unspecified atom stereocenters. The highest BCUT2D eigenvalue weighted by Gasteiger charge is 2.31. The van der Waals surface area contributed by atoms with Crippen LogP contribution < -0.4 is 5.32 Å². The van der Waals surface area contributed by atoms with Crippen molar-refractivity contribution in [3.8, 4) is 0 Å². The topological polar surface area (TPSA) is 63.1 Å². The molecule has 0 spiro atoms. The van der Waals surface area contributed by atoms with Gasteiger partial charge >= 0.3 is 6.03 Å². The average Bonchev–Trinajstić information content (AvgIpc) is 3.20. The molecule has 130 valence electrons. The molecule has 7 heteroatoms. The molecule has 1 atom stereocenters. The predicted molar refractivity (Wildman–Crippen MR) is 96.4 cm³/mol. The molecule has 0 aromatic carbocycles. The number of likely N-dealkylation sites (tertiary alicyclic amines) is 1. The number of thiazole rings is 1. The number of rotatable bonds is 4. The Morgan fingerprint density at radius 1 is 1.42 bits per heavy atom. The van der Waals surface area contributed by atoms with Crippen molar-refractivity contribution in [2.75, 3.05) is 11.9 Å². The van der Waals surface area contributed by atoms with E-state index in [1.54, 1.807) is 11.3 Å². The number of hydrogen-bond donors (Lipinski definition) is 1. The van der Waals surface area contributed by atoms with E-state index in [1.807, 2.05) is 24.2 Å². The summed E-state index contributed by atoms with van der Waals surface area (Å²) in [5.74, 6) is 0.983. The standard InChI is InChI=1S/C17H25N5OS/c1-4-13-12(3)24-16(19-13)20-17(23)22-10-7-6-8-14(22)15-18-9-11-21(15)5-2/h9,11,14H,4-8,10H2,1-3H3,(H,19,20,23)/t14-/m1/s1. The number of hydrogen-bond acceptors (Lipinski definition) is 4. The number of imidazole rings is 1. The van der Waals surface area contributed by atoms with E-state index in [9.17, 15) is 4.79 Å². The highest BCUT2D eigenvalue weighted by Crippen LogP contribution is 2.31. The van der Waals surface area contributed by atoms with Gasteiger partial charge in [0.05, 0.1) is 11.7 Å². The molecule has 1 N–H and O–H groups in total. The first kappa shape index (κ1) is 17.0. The summed E-state index contributed by atoms with van der Waals surface area (Å²) in [4.78, 5) is 24.9. The molecular weight excluding hydrogens is 322 g/mol. The third-order valence-corrected chi connectivity index (χ3v) is 5.52. The molecule has 0 bridgehead atoms. The summed E-state index contributed by atoms with van der Waals surface area (Å²) in [6.45, 7) is 7.86. The monoisotopic (exact) mass is 347 g/mol. The number of urea groups is 1. The fraction of sp³-hybridized carbons (Fsp3) is 0.588. The van der Waals surface area contributed by atoms with Crippen LogP contribution in [-0.2, 0) is 13.0 Å². The molecule has 2 amide bonds. The van der Waals surface area contributed by atoms with E-state index in [-0.39, 0.29) is 12.1 Å². The number of anilines is 1. The van der Waals surface area contributed by atoms with Crippen molar-refractivity contribution >= 4 is 22.5 Å². The van der Waals surface area contributed by atoms with Gasteiger partial charge in [-0.15, -0.1) is 11.3 Å². The van der Waals surface area contributed by atoms with E-state index in [4.69, 9.17) is 0 Å². The fourth-order valence-corrected chi connectivity index (χ4v) is 4.19. The largest absolute Gasteiger partial charge is 0.333 e. The zero-order valence-corrected chi connectivity index (χ0v) is 15.4. The van der Waals surface area contributed by atoms with Gasteiger partial charge in [-0.2, -0.15) is 0 Å². The van der Waals surface area contributed by atoms with Crippen LogP contribution in [0.5, 0.6) is 0 Å². The Kier molecular flexibility index (Phi) is 5.18. The number of carbonyl (C=O) groups excluding carboxylic acids is 1. The Bertz CT molecular complexity index is 708. The molecule has 0 radical (unpaired) electrons. The van der Waals surface area contributed by atoms with Crippen LogP contribution in [0.15, 0.2) is 12.4 Å². The van der Waals surface area contributed by atoms with Crippen molar-refractivity contribution in [2.24, 2.45) is 0 Å². The van der Waals surface area contributed by atoms with Gasteiger partial charge < -0.3 is 9.47 Å². The minimum Gasteiger partial charge on any atom is -0.333 e. The summed E-state index contributed by atoms with van der Waals surface area (Å²) < 4.78 is 2.12. The zero-order chi connectivity index (χ0) is 17.1. The lowest BCUT2D eigenvalue weighted by Gasteiger charge is -2.35. The maximum Gasteiger partial charge on any atom is 0.324 e. The van der Waals surface area contributed by atoms with E-state index in [0.29, 0.717) is 5.13 Å². The van der Waals surface area contributed by atoms with Crippen LogP contribution in [0, 0.1) is 6.92 Å². The van der Waals surface area contributed by atoms with Gasteiger partial charge in [0.2, 0.25) is 0 Å². The number of piperidine rings is 1. The van der Waals surface area contributed by atoms with E-state index in [0.717, 1.165) is 50.3 Å². The second-order valence-corrected chi connectivity index (χ2v) is 7.29. The summed E-state index contributed by atoms with van der Waals surface area (Å²) in [6, 6.07) is -0.0258. The highest BCUT2D eigenvalue weighted by atomic mass is 32.1. The highest BCUT2D eigenvalue weighted by molar-refractivity contribution is 7.15. The Labute approximate surface area is 146 Å². The second-order valence-electron chi connectivity index (χ2n) is 6.08. The predicted octanol–water partition coefficient (Wildman–Crippen LogP) is 3.99. The van der Waals surface area contributed by atoms with Crippen molar-refractivity contribution in [1.29, 1.82) is 0 Å². The first-order valence-corrected chi connectivity index (χ1v) is 9.50. The molecule has 2 aromatic rings. The maximum atomic E-state index is 12.8. The number of nitrogens with zero attached hydrogens (tertiary/aromatic N) is 4. The van der Waals surface area contributed by atoms with Gasteiger partial charge in [0.25, 0.3) is 0 Å². The van der Waals surface area contributed by atoms with E-state index in [2.05, 4.69) is 33.7 Å². The molecule has 3 rings (SSSR count). The molecule has 0 aliphatic carbocycles. The van der Waals surface area contributed by atoms with Crippen LogP contribution in [0.1, 0.15) is 55.5 Å². The molecule has 1 saturated heterocycles. The number of amides is 2. The number of carbonyl (C=O) groups is 1. The minimum absolute atomic E-state index is 0.0420. The molecule has 24 heavy (non-hydrogen) atoms. The van der Waals surface area contributed by atoms with E-state index >= 15 is 0 Å². The third kappa shape index (κ3) is 3.31. The second kappa shape index (κ2) is 7.34. The van der Waals surface area contributed by atoms with Crippen LogP contribution in [0.25, 0.3) is 0 Å². The Balaban J connectivity index is 1.78. The SMILES string of the molecule is CCc1nc(NC(=O)N2CCCC[C@@H]2c2nccn2CC)sc1C. The molecule has 6 nitrogen and oxygen atoms in total. The summed E-state index contributed by atoms with van der Waals surface area (Å²) >= 11 is 1.55. The van der Waals surface area contributed by atoms with Gasteiger partial charge in [0.1, 0.15) is 5.82 Å². The Morgan fingerprint density at radius 3 is 2.96 bits per heavy atom. The molecule has 1 aliphatic rings. The first-order chi connectivity index (χ1) is 11.6. The summed E-state index contributed by atoms with van der Waals surface area (Å²) in [5.41, 5.74) is 1.06. The van der Waals surface area contributed by atoms with Gasteiger partial charge in [0.15, 0.2) is 5.13 Å². The quantitative estimate of drug-likeness (QED) is 0.909. The van der Waals surface area contributed by atoms with Crippen molar-refractivity contribution < 1.29 is 4.79 Å². The third-order valence-electron chi connectivity index (χ3n) is 4.59. The maximum absolute atomic E-state index is 12.8. The van der Waals surface area contributed by atoms with Gasteiger partial charge in [-0.05, 0) is 39.5 Å². The lowest BCUT2D eigenvalue weighted by molar-refractivity contribution is 0.157. The molecular formula is C17H25N5OS. The lowest BCUT2D eigenvalue weighted by atomic mass is 10.0. The Hall–Kier alpha value is -1.89. The average molecular weight is 347 g/mol. The number of aromatic nitrogens is 3. The fourth-order valence-electron chi connectivity index (χ4n) is 3.30. The normalized spacial score (nSPS) is 18.0. The Morgan fingerprint density at radius 2 is 2.25 bits per heavy atom. The van der Waals surface area contributed by atoms with Crippen molar-refractivity contribution in [2.45, 2.75) is 59.0 Å². The summed E-state index contributed by atoms with van der Waals surface area (Å²) in [7, 11) is 0. The van der Waals surface area contributed by atoms with Gasteiger partial charge in [0, 0.05) is 30.4 Å². The molecule has 3 heterocycles. The van der Waals surface area contributed by atoms with Crippen molar-refractivity contribution in [1.82, 2.24) is 19.4 Å². The zero-order valence-electron chi connectivity index (χ0n) is 14.6. The number of nitrogens with one attached hydrogen (secondary N) is 1. The minimum atomic E-state index is -0.0678. The van der Waals surface area contributed by atoms with E-state index in [1.165, 1.54) is 4.88 Å². The molecule has 1 fully saturated rings. The van der Waals surface area contributed by atoms with Crippen molar-refractivity contribution in [3.05, 3.63) is 28.8 Å². The van der Waals surface area contributed by atoms with E-state index < -0.39 is 0 Å². The molecule has 2 aromatic heterocycles. The molecule has 1 aliphatic heterocycles. The number of aryl methyl sites for hydroxylation is 3.